The molecule has 0 aromatic carbocycles. The van der Waals surface area contributed by atoms with E-state index in [0.29, 0.717) is 5.54 Å². The van der Waals surface area contributed by atoms with Gasteiger partial charge in [0.1, 0.15) is 0 Å². The normalized spacial score (nSPS) is 35.0. The van der Waals surface area contributed by atoms with E-state index in [0.717, 1.165) is 6.54 Å². The van der Waals surface area contributed by atoms with Gasteiger partial charge in [0.15, 0.2) is 0 Å². The topological polar surface area (TPSA) is 29.3 Å². The molecule has 2 nitrogen and oxygen atoms in total. The van der Waals surface area contributed by atoms with E-state index in [-0.39, 0.29) is 0 Å². The molecule has 1 unspecified atom stereocenters. The number of thioether (sulfide) groups is 1. The van der Waals surface area contributed by atoms with E-state index in [2.05, 4.69) is 16.7 Å². The van der Waals surface area contributed by atoms with E-state index < -0.39 is 0 Å². The molecule has 2 aliphatic rings. The summed E-state index contributed by atoms with van der Waals surface area (Å²) in [5.41, 5.74) is 6.42. The molecule has 2 aliphatic heterocycles. The molecule has 2 heterocycles. The summed E-state index contributed by atoms with van der Waals surface area (Å²) in [6.07, 6.45) is 8.29. The highest BCUT2D eigenvalue weighted by Crippen LogP contribution is 2.32. The lowest BCUT2D eigenvalue weighted by Gasteiger charge is -2.45. The van der Waals surface area contributed by atoms with Gasteiger partial charge in [-0.05, 0) is 44.5 Å². The molecule has 2 saturated heterocycles. The maximum Gasteiger partial charge on any atom is 0.0422 e. The van der Waals surface area contributed by atoms with Gasteiger partial charge in [0.2, 0.25) is 0 Å². The number of hydrogen-bond acceptors (Lipinski definition) is 3. The number of likely N-dealkylation sites (tertiary alicyclic amines) is 1. The molecule has 1 atom stereocenters. The maximum absolute atomic E-state index is 6.07. The van der Waals surface area contributed by atoms with Gasteiger partial charge in [-0.1, -0.05) is 12.8 Å². The zero-order valence-electron chi connectivity index (χ0n) is 9.71. The Hall–Kier alpha value is 0.270. The summed E-state index contributed by atoms with van der Waals surface area (Å²) < 4.78 is 0. The third-order valence-corrected chi connectivity index (χ3v) is 5.28. The lowest BCUT2D eigenvalue weighted by atomic mass is 9.92. The zero-order valence-corrected chi connectivity index (χ0v) is 10.5. The monoisotopic (exact) mass is 228 g/mol. The van der Waals surface area contributed by atoms with Gasteiger partial charge in [-0.25, -0.2) is 0 Å². The molecule has 0 amide bonds. The first-order valence-electron chi connectivity index (χ1n) is 6.40. The quantitative estimate of drug-likeness (QED) is 0.785. The minimum absolute atomic E-state index is 0.354. The van der Waals surface area contributed by atoms with E-state index >= 15 is 0 Å². The van der Waals surface area contributed by atoms with Crippen molar-refractivity contribution in [3.63, 3.8) is 0 Å². The highest BCUT2D eigenvalue weighted by molar-refractivity contribution is 7.99. The van der Waals surface area contributed by atoms with E-state index in [9.17, 15) is 0 Å². The molecular weight excluding hydrogens is 204 g/mol. The Kier molecular flexibility index (Phi) is 4.35. The Morgan fingerprint density at radius 3 is 2.33 bits per heavy atom. The van der Waals surface area contributed by atoms with Crippen molar-refractivity contribution >= 4 is 11.8 Å². The molecule has 0 saturated carbocycles. The van der Waals surface area contributed by atoms with Crippen LogP contribution in [0, 0.1) is 0 Å². The van der Waals surface area contributed by atoms with Gasteiger partial charge < -0.3 is 5.73 Å². The Balaban J connectivity index is 2.01. The first-order valence-corrected chi connectivity index (χ1v) is 7.56. The second kappa shape index (κ2) is 5.55. The van der Waals surface area contributed by atoms with Crippen LogP contribution in [0.3, 0.4) is 0 Å². The van der Waals surface area contributed by atoms with Crippen molar-refractivity contribution in [2.24, 2.45) is 5.73 Å². The van der Waals surface area contributed by atoms with Crippen molar-refractivity contribution in [3.8, 4) is 0 Å². The van der Waals surface area contributed by atoms with Crippen LogP contribution in [0.4, 0.5) is 0 Å². The molecule has 2 N–H and O–H groups in total. The first-order chi connectivity index (χ1) is 7.37. The molecule has 0 bridgehead atoms. The zero-order chi connectivity index (χ0) is 10.6. The summed E-state index contributed by atoms with van der Waals surface area (Å²) in [6, 6.07) is 0. The van der Waals surface area contributed by atoms with Gasteiger partial charge in [0.25, 0.3) is 0 Å². The maximum atomic E-state index is 6.07. The van der Waals surface area contributed by atoms with E-state index in [1.165, 1.54) is 63.1 Å². The van der Waals surface area contributed by atoms with Gasteiger partial charge in [0, 0.05) is 17.8 Å². The van der Waals surface area contributed by atoms with Crippen LogP contribution in [0.15, 0.2) is 0 Å². The second-order valence-corrected chi connectivity index (χ2v) is 6.09. The standard InChI is InChI=1S/C12H24N2S/c13-10-12(6-5-9-15-11-12)14-7-3-1-2-4-8-14/h1-11,13H2. The number of nitrogens with zero attached hydrogens (tertiary/aromatic N) is 1. The third kappa shape index (κ3) is 2.69. The third-order valence-electron chi connectivity index (χ3n) is 3.96. The van der Waals surface area contributed by atoms with Crippen molar-refractivity contribution < 1.29 is 0 Å². The van der Waals surface area contributed by atoms with Crippen LogP contribution in [-0.2, 0) is 0 Å². The molecule has 2 rings (SSSR count). The molecule has 0 radical (unpaired) electrons. The summed E-state index contributed by atoms with van der Waals surface area (Å²) in [5.74, 6) is 2.61. The first kappa shape index (κ1) is 11.7. The number of nitrogens with two attached hydrogens (primary N) is 1. The summed E-state index contributed by atoms with van der Waals surface area (Å²) >= 11 is 2.11. The van der Waals surface area contributed by atoms with Crippen LogP contribution >= 0.6 is 11.8 Å². The van der Waals surface area contributed by atoms with Gasteiger partial charge in [-0.3, -0.25) is 4.90 Å². The summed E-state index contributed by atoms with van der Waals surface area (Å²) in [5, 5.41) is 0. The van der Waals surface area contributed by atoms with E-state index in [1.54, 1.807) is 0 Å². The van der Waals surface area contributed by atoms with Crippen LogP contribution in [0.5, 0.6) is 0 Å². The van der Waals surface area contributed by atoms with Crippen molar-refractivity contribution in [1.29, 1.82) is 0 Å². The number of rotatable bonds is 2. The molecule has 0 aliphatic carbocycles. The average Bonchev–Trinajstić information content (AvgIpc) is 2.59. The van der Waals surface area contributed by atoms with Gasteiger partial charge in [-0.2, -0.15) is 11.8 Å². The summed E-state index contributed by atoms with van der Waals surface area (Å²) in [7, 11) is 0. The fraction of sp³-hybridized carbons (Fsp3) is 1.00. The fourth-order valence-corrected chi connectivity index (χ4v) is 4.24. The Labute approximate surface area is 98.0 Å². The van der Waals surface area contributed by atoms with Crippen molar-refractivity contribution in [1.82, 2.24) is 4.90 Å². The molecule has 0 spiro atoms. The Morgan fingerprint density at radius 2 is 1.80 bits per heavy atom. The lowest BCUT2D eigenvalue weighted by Crippen LogP contribution is -2.57. The molecule has 88 valence electrons. The Bertz CT molecular complexity index is 182. The van der Waals surface area contributed by atoms with Crippen LogP contribution in [0.25, 0.3) is 0 Å². The average molecular weight is 228 g/mol. The summed E-state index contributed by atoms with van der Waals surface area (Å²) in [4.78, 5) is 2.71. The second-order valence-electron chi connectivity index (χ2n) is 4.99. The highest BCUT2D eigenvalue weighted by atomic mass is 32.2. The van der Waals surface area contributed by atoms with Crippen LogP contribution in [-0.4, -0.2) is 41.6 Å². The van der Waals surface area contributed by atoms with Crippen LogP contribution in [0.1, 0.15) is 38.5 Å². The fourth-order valence-electron chi connectivity index (χ4n) is 2.92. The molecule has 0 aromatic rings. The van der Waals surface area contributed by atoms with Crippen LogP contribution < -0.4 is 5.73 Å². The van der Waals surface area contributed by atoms with Crippen molar-refractivity contribution in [2.45, 2.75) is 44.1 Å². The molecule has 2 fully saturated rings. The number of hydrogen-bond donors (Lipinski definition) is 1. The highest BCUT2D eigenvalue weighted by Gasteiger charge is 2.36. The molecule has 0 aromatic heterocycles. The molecule has 3 heteroatoms. The predicted octanol–water partition coefficient (Wildman–Crippen LogP) is 2.09. The SMILES string of the molecule is NCC1(N2CCCCCC2)CCCSC1. The minimum Gasteiger partial charge on any atom is -0.329 e. The van der Waals surface area contributed by atoms with Crippen molar-refractivity contribution in [3.05, 3.63) is 0 Å². The molecule has 15 heavy (non-hydrogen) atoms. The van der Waals surface area contributed by atoms with Crippen LogP contribution in [0.2, 0.25) is 0 Å². The van der Waals surface area contributed by atoms with E-state index in [1.807, 2.05) is 0 Å². The smallest absolute Gasteiger partial charge is 0.0422 e. The van der Waals surface area contributed by atoms with Gasteiger partial charge in [0.05, 0.1) is 0 Å². The summed E-state index contributed by atoms with van der Waals surface area (Å²) in [6.45, 7) is 3.44. The predicted molar refractivity (Wildman–Crippen MR) is 68.4 cm³/mol. The molecular formula is C12H24N2S. The van der Waals surface area contributed by atoms with E-state index in [4.69, 9.17) is 5.73 Å². The minimum atomic E-state index is 0.354. The van der Waals surface area contributed by atoms with Crippen molar-refractivity contribution in [2.75, 3.05) is 31.1 Å². The largest absolute Gasteiger partial charge is 0.329 e. The Morgan fingerprint density at radius 1 is 1.07 bits per heavy atom. The van der Waals surface area contributed by atoms with Gasteiger partial charge in [-0.15, -0.1) is 0 Å². The lowest BCUT2D eigenvalue weighted by molar-refractivity contribution is 0.107. The van der Waals surface area contributed by atoms with Gasteiger partial charge >= 0.3 is 0 Å².